The van der Waals surface area contributed by atoms with Crippen LogP contribution in [0, 0.1) is 0 Å². The summed E-state index contributed by atoms with van der Waals surface area (Å²) in [6.45, 7) is 1.87. The SMILES string of the molecule is CC(=O)N1CCC(NC(=O)c2ccc(CNC(=O)c3cc(=O)n(Cc4ccccc4)c(=O)[nH]3)c(OC(F)(F)F)c2)CC1. The second-order valence-electron chi connectivity index (χ2n) is 9.70. The summed E-state index contributed by atoms with van der Waals surface area (Å²) in [7, 11) is 0. The van der Waals surface area contributed by atoms with Gasteiger partial charge in [-0.25, -0.2) is 4.79 Å². The molecule has 1 fully saturated rings. The number of nitrogens with one attached hydrogen (secondary N) is 3. The quantitative estimate of drug-likeness (QED) is 0.369. The number of hydrogen-bond acceptors (Lipinski definition) is 6. The van der Waals surface area contributed by atoms with Gasteiger partial charge in [-0.3, -0.25) is 23.7 Å². The Morgan fingerprint density at radius 1 is 1.00 bits per heavy atom. The lowest BCUT2D eigenvalue weighted by Crippen LogP contribution is -2.46. The first-order valence-corrected chi connectivity index (χ1v) is 13.0. The van der Waals surface area contributed by atoms with E-state index >= 15 is 0 Å². The van der Waals surface area contributed by atoms with Crippen LogP contribution in [-0.4, -0.2) is 57.7 Å². The van der Waals surface area contributed by atoms with Crippen molar-refractivity contribution in [1.82, 2.24) is 25.1 Å². The van der Waals surface area contributed by atoms with Gasteiger partial charge >= 0.3 is 12.1 Å². The molecule has 0 bridgehead atoms. The summed E-state index contributed by atoms with van der Waals surface area (Å²) in [5.74, 6) is -2.30. The van der Waals surface area contributed by atoms with Gasteiger partial charge in [0.05, 0.1) is 6.54 Å². The second-order valence-corrected chi connectivity index (χ2v) is 9.70. The highest BCUT2D eigenvalue weighted by Crippen LogP contribution is 2.28. The summed E-state index contributed by atoms with van der Waals surface area (Å²) in [5.41, 5.74) is -1.46. The topological polar surface area (TPSA) is 143 Å². The van der Waals surface area contributed by atoms with Crippen LogP contribution in [0.25, 0.3) is 0 Å². The van der Waals surface area contributed by atoms with Gasteiger partial charge in [0.15, 0.2) is 0 Å². The van der Waals surface area contributed by atoms with E-state index in [0.29, 0.717) is 31.5 Å². The molecule has 2 aromatic carbocycles. The van der Waals surface area contributed by atoms with Crippen molar-refractivity contribution >= 4 is 17.7 Å². The molecule has 1 saturated heterocycles. The standard InChI is InChI=1S/C28H28F3N5O6/c1-17(37)35-11-9-21(10-12-35)33-25(39)19-7-8-20(23(13-19)42-28(29,30)31)15-32-26(40)22-14-24(38)36(27(41)34-22)16-18-5-3-2-4-6-18/h2-8,13-14,21H,9-12,15-16H2,1H3,(H,32,40)(H,33,39)(H,34,41). The van der Waals surface area contributed by atoms with Crippen LogP contribution in [0.4, 0.5) is 13.2 Å². The number of nitrogens with zero attached hydrogens (tertiary/aromatic N) is 2. The van der Waals surface area contributed by atoms with Crippen molar-refractivity contribution in [3.05, 3.63) is 97.8 Å². The zero-order valence-corrected chi connectivity index (χ0v) is 22.5. The number of H-pyrrole nitrogens is 1. The number of likely N-dealkylation sites (tertiary alicyclic amines) is 1. The van der Waals surface area contributed by atoms with Crippen molar-refractivity contribution in [2.24, 2.45) is 0 Å². The first kappa shape index (κ1) is 30.1. The molecule has 3 aromatic rings. The van der Waals surface area contributed by atoms with Crippen molar-refractivity contribution in [3.63, 3.8) is 0 Å². The lowest BCUT2D eigenvalue weighted by molar-refractivity contribution is -0.274. The molecule has 11 nitrogen and oxygen atoms in total. The number of ether oxygens (including phenoxy) is 1. The van der Waals surface area contributed by atoms with E-state index < -0.39 is 41.7 Å². The molecule has 14 heteroatoms. The molecule has 42 heavy (non-hydrogen) atoms. The lowest BCUT2D eigenvalue weighted by Gasteiger charge is -2.31. The molecule has 3 N–H and O–H groups in total. The number of hydrogen-bond donors (Lipinski definition) is 3. The third-order valence-corrected chi connectivity index (χ3v) is 6.72. The molecule has 0 atom stereocenters. The van der Waals surface area contributed by atoms with Gasteiger partial charge in [0.2, 0.25) is 5.91 Å². The molecule has 222 valence electrons. The van der Waals surface area contributed by atoms with Gasteiger partial charge in [0.1, 0.15) is 11.4 Å². The van der Waals surface area contributed by atoms with Crippen LogP contribution in [0.1, 0.15) is 51.7 Å². The minimum Gasteiger partial charge on any atom is -0.405 e. The number of piperidine rings is 1. The Morgan fingerprint density at radius 3 is 2.31 bits per heavy atom. The van der Waals surface area contributed by atoms with Gasteiger partial charge in [-0.2, -0.15) is 0 Å². The molecular formula is C28H28F3N5O6. The Balaban J connectivity index is 1.45. The zero-order valence-electron chi connectivity index (χ0n) is 22.5. The van der Waals surface area contributed by atoms with Crippen LogP contribution >= 0.6 is 0 Å². The van der Waals surface area contributed by atoms with E-state index in [1.165, 1.54) is 19.1 Å². The molecule has 0 spiro atoms. The molecule has 0 aliphatic carbocycles. The Hall–Kier alpha value is -4.88. The van der Waals surface area contributed by atoms with Crippen LogP contribution in [0.15, 0.2) is 64.2 Å². The molecule has 1 aliphatic heterocycles. The number of aromatic nitrogens is 2. The Morgan fingerprint density at radius 2 is 1.69 bits per heavy atom. The number of carbonyl (C=O) groups is 3. The molecular weight excluding hydrogens is 559 g/mol. The van der Waals surface area contributed by atoms with E-state index in [2.05, 4.69) is 20.4 Å². The van der Waals surface area contributed by atoms with Crippen LogP contribution in [0.5, 0.6) is 5.75 Å². The van der Waals surface area contributed by atoms with Crippen molar-refractivity contribution in [1.29, 1.82) is 0 Å². The highest BCUT2D eigenvalue weighted by atomic mass is 19.4. The largest absolute Gasteiger partial charge is 0.573 e. The van der Waals surface area contributed by atoms with Crippen molar-refractivity contribution in [3.8, 4) is 5.75 Å². The molecule has 1 aromatic heterocycles. The smallest absolute Gasteiger partial charge is 0.405 e. The number of rotatable bonds is 8. The zero-order chi connectivity index (χ0) is 30.4. The average Bonchev–Trinajstić information content (AvgIpc) is 2.94. The summed E-state index contributed by atoms with van der Waals surface area (Å²) in [6.07, 6.45) is -4.08. The maximum Gasteiger partial charge on any atom is 0.573 e. The van der Waals surface area contributed by atoms with Gasteiger partial charge in [0, 0.05) is 49.8 Å². The van der Waals surface area contributed by atoms with Crippen LogP contribution in [-0.2, 0) is 17.9 Å². The van der Waals surface area contributed by atoms with E-state index in [1.807, 2.05) is 0 Å². The monoisotopic (exact) mass is 587 g/mol. The van der Waals surface area contributed by atoms with E-state index in [-0.39, 0.29) is 35.3 Å². The predicted octanol–water partition coefficient (Wildman–Crippen LogP) is 2.15. The number of alkyl halides is 3. The van der Waals surface area contributed by atoms with Gasteiger partial charge in [-0.1, -0.05) is 36.4 Å². The summed E-state index contributed by atoms with van der Waals surface area (Å²) in [6, 6.07) is 12.8. The molecule has 2 heterocycles. The molecule has 4 rings (SSSR count). The highest BCUT2D eigenvalue weighted by Gasteiger charge is 2.33. The average molecular weight is 588 g/mol. The first-order chi connectivity index (χ1) is 19.9. The maximum atomic E-state index is 13.2. The minimum absolute atomic E-state index is 0.0213. The fourth-order valence-corrected chi connectivity index (χ4v) is 4.50. The van der Waals surface area contributed by atoms with E-state index in [9.17, 15) is 37.1 Å². The number of halogens is 3. The van der Waals surface area contributed by atoms with Crippen LogP contribution < -0.4 is 26.6 Å². The fraction of sp³-hybridized carbons (Fsp3) is 0.321. The van der Waals surface area contributed by atoms with Gasteiger partial charge in [-0.15, -0.1) is 13.2 Å². The summed E-state index contributed by atoms with van der Waals surface area (Å²) in [5, 5.41) is 5.11. The third-order valence-electron chi connectivity index (χ3n) is 6.72. The third kappa shape index (κ3) is 7.86. The fourth-order valence-electron chi connectivity index (χ4n) is 4.50. The normalized spacial score (nSPS) is 13.9. The van der Waals surface area contributed by atoms with Crippen LogP contribution in [0.3, 0.4) is 0 Å². The minimum atomic E-state index is -5.08. The molecule has 0 radical (unpaired) electrons. The summed E-state index contributed by atoms with van der Waals surface area (Å²) < 4.78 is 44.5. The van der Waals surface area contributed by atoms with Crippen molar-refractivity contribution < 1.29 is 32.3 Å². The van der Waals surface area contributed by atoms with Crippen molar-refractivity contribution in [2.75, 3.05) is 13.1 Å². The van der Waals surface area contributed by atoms with Gasteiger partial charge < -0.3 is 25.3 Å². The van der Waals surface area contributed by atoms with E-state index in [1.54, 1.807) is 35.2 Å². The maximum absolute atomic E-state index is 13.2. The lowest BCUT2D eigenvalue weighted by atomic mass is 10.0. The van der Waals surface area contributed by atoms with Gasteiger partial charge in [-0.05, 0) is 30.5 Å². The van der Waals surface area contributed by atoms with E-state index in [0.717, 1.165) is 16.7 Å². The highest BCUT2D eigenvalue weighted by molar-refractivity contribution is 5.95. The number of benzene rings is 2. The Bertz CT molecular complexity index is 1550. The first-order valence-electron chi connectivity index (χ1n) is 13.0. The molecule has 0 saturated carbocycles. The summed E-state index contributed by atoms with van der Waals surface area (Å²) >= 11 is 0. The Kier molecular flexibility index (Phi) is 9.13. The number of amides is 3. The molecule has 3 amide bonds. The number of carbonyl (C=O) groups excluding carboxylic acids is 3. The predicted molar refractivity (Wildman–Crippen MR) is 144 cm³/mol. The molecule has 0 unspecified atom stereocenters. The molecule has 1 aliphatic rings. The summed E-state index contributed by atoms with van der Waals surface area (Å²) in [4.78, 5) is 65.8. The Labute approximate surface area is 237 Å². The van der Waals surface area contributed by atoms with Gasteiger partial charge in [0.25, 0.3) is 17.4 Å². The van der Waals surface area contributed by atoms with E-state index in [4.69, 9.17) is 0 Å². The van der Waals surface area contributed by atoms with Crippen LogP contribution in [0.2, 0.25) is 0 Å². The number of aromatic amines is 1. The van der Waals surface area contributed by atoms with Crippen molar-refractivity contribution in [2.45, 2.75) is 45.3 Å². The second kappa shape index (κ2) is 12.7.